The third-order valence-electron chi connectivity index (χ3n) is 2.78. The molecule has 0 amide bonds. The lowest BCUT2D eigenvalue weighted by molar-refractivity contribution is -0.136. The lowest BCUT2D eigenvalue weighted by Gasteiger charge is -2.22. The van der Waals surface area contributed by atoms with Gasteiger partial charge >= 0.3 is 6.18 Å². The smallest absolute Gasteiger partial charge is 0.398 e. The van der Waals surface area contributed by atoms with Crippen LogP contribution in [0.2, 0.25) is 0 Å². The van der Waals surface area contributed by atoms with Gasteiger partial charge in [0.15, 0.2) is 0 Å². The van der Waals surface area contributed by atoms with Gasteiger partial charge in [-0.3, -0.25) is 0 Å². The number of nitrogens with two attached hydrogens (primary N) is 1. The molecule has 0 aromatic heterocycles. The molecule has 3 N–H and O–H groups in total. The molecule has 1 atom stereocenters. The predicted octanol–water partition coefficient (Wildman–Crippen LogP) is 3.55. The highest BCUT2D eigenvalue weighted by molar-refractivity contribution is 8.06. The average molecular weight is 308 g/mol. The van der Waals surface area contributed by atoms with Crippen LogP contribution in [0.5, 0.6) is 0 Å². The van der Waals surface area contributed by atoms with E-state index in [-0.39, 0.29) is 5.69 Å². The Balaban J connectivity index is 2.00. The highest BCUT2D eigenvalue weighted by Crippen LogP contribution is 2.35. The van der Waals surface area contributed by atoms with Crippen LogP contribution in [0.4, 0.5) is 24.5 Å². The second-order valence-corrected chi connectivity index (χ2v) is 6.81. The van der Waals surface area contributed by atoms with E-state index in [1.807, 2.05) is 23.5 Å². The molecule has 0 saturated carbocycles. The van der Waals surface area contributed by atoms with Crippen molar-refractivity contribution >= 4 is 34.9 Å². The van der Waals surface area contributed by atoms with E-state index in [1.54, 1.807) is 6.07 Å². The zero-order valence-corrected chi connectivity index (χ0v) is 11.8. The molecule has 1 unspecified atom stereocenters. The van der Waals surface area contributed by atoms with Crippen molar-refractivity contribution in [1.29, 1.82) is 0 Å². The number of rotatable bonds is 3. The summed E-state index contributed by atoms with van der Waals surface area (Å²) < 4.78 is 38.1. The van der Waals surface area contributed by atoms with Crippen molar-refractivity contribution in [3.05, 3.63) is 23.8 Å². The van der Waals surface area contributed by atoms with Gasteiger partial charge in [0.1, 0.15) is 0 Å². The SMILES string of the molecule is Nc1ccc(NCC2CSCCS2)cc1C(F)(F)F. The van der Waals surface area contributed by atoms with Gasteiger partial charge in [-0.2, -0.15) is 36.7 Å². The van der Waals surface area contributed by atoms with Gasteiger partial charge in [-0.25, -0.2) is 0 Å². The normalized spacial score (nSPS) is 20.3. The van der Waals surface area contributed by atoms with Gasteiger partial charge in [-0.1, -0.05) is 0 Å². The van der Waals surface area contributed by atoms with Gasteiger partial charge < -0.3 is 11.1 Å². The van der Waals surface area contributed by atoms with Crippen LogP contribution < -0.4 is 11.1 Å². The van der Waals surface area contributed by atoms with Crippen molar-refractivity contribution in [2.45, 2.75) is 11.4 Å². The number of anilines is 2. The minimum atomic E-state index is -4.41. The molecule has 1 heterocycles. The van der Waals surface area contributed by atoms with Gasteiger partial charge in [0, 0.05) is 40.4 Å². The van der Waals surface area contributed by atoms with Crippen molar-refractivity contribution in [3.63, 3.8) is 0 Å². The van der Waals surface area contributed by atoms with Crippen molar-refractivity contribution in [1.82, 2.24) is 0 Å². The minimum absolute atomic E-state index is 0.236. The summed E-state index contributed by atoms with van der Waals surface area (Å²) in [5, 5.41) is 3.51. The summed E-state index contributed by atoms with van der Waals surface area (Å²) in [5.41, 5.74) is 4.82. The molecule has 1 aliphatic rings. The molecule has 0 aliphatic carbocycles. The van der Waals surface area contributed by atoms with Crippen LogP contribution in [-0.4, -0.2) is 29.1 Å². The molecule has 1 saturated heterocycles. The van der Waals surface area contributed by atoms with Crippen LogP contribution in [0.1, 0.15) is 5.56 Å². The van der Waals surface area contributed by atoms with Gasteiger partial charge in [0.05, 0.1) is 5.56 Å². The van der Waals surface area contributed by atoms with Crippen molar-refractivity contribution in [2.24, 2.45) is 0 Å². The van der Waals surface area contributed by atoms with Crippen LogP contribution in [0.25, 0.3) is 0 Å². The number of halogens is 3. The largest absolute Gasteiger partial charge is 0.418 e. The summed E-state index contributed by atoms with van der Waals surface area (Å²) in [6.45, 7) is 0.679. The number of nitrogens with one attached hydrogen (secondary N) is 1. The number of hydrogen-bond acceptors (Lipinski definition) is 4. The first-order chi connectivity index (χ1) is 8.97. The van der Waals surface area contributed by atoms with E-state index in [2.05, 4.69) is 5.32 Å². The van der Waals surface area contributed by atoms with E-state index in [0.717, 1.165) is 23.3 Å². The molecular formula is C12H15F3N2S2. The minimum Gasteiger partial charge on any atom is -0.398 e. The third-order valence-corrected chi connectivity index (χ3v) is 5.62. The third kappa shape index (κ3) is 4.14. The molecule has 1 aromatic carbocycles. The Morgan fingerprint density at radius 3 is 2.74 bits per heavy atom. The number of alkyl halides is 3. The van der Waals surface area contributed by atoms with E-state index in [9.17, 15) is 13.2 Å². The quantitative estimate of drug-likeness (QED) is 0.838. The summed E-state index contributed by atoms with van der Waals surface area (Å²) in [6, 6.07) is 3.97. The molecule has 19 heavy (non-hydrogen) atoms. The fraction of sp³-hybridized carbons (Fsp3) is 0.500. The molecule has 0 bridgehead atoms. The summed E-state index contributed by atoms with van der Waals surface area (Å²) in [4.78, 5) is 0. The van der Waals surface area contributed by atoms with Crippen molar-refractivity contribution in [3.8, 4) is 0 Å². The molecule has 106 valence electrons. The van der Waals surface area contributed by atoms with Gasteiger partial charge in [0.2, 0.25) is 0 Å². The van der Waals surface area contributed by atoms with Gasteiger partial charge in [-0.15, -0.1) is 0 Å². The highest BCUT2D eigenvalue weighted by atomic mass is 32.2. The van der Waals surface area contributed by atoms with Crippen LogP contribution in [0.3, 0.4) is 0 Å². The monoisotopic (exact) mass is 308 g/mol. The molecule has 0 spiro atoms. The topological polar surface area (TPSA) is 38.0 Å². The van der Waals surface area contributed by atoms with E-state index < -0.39 is 11.7 Å². The fourth-order valence-electron chi connectivity index (χ4n) is 1.80. The molecule has 1 aromatic rings. The van der Waals surface area contributed by atoms with E-state index in [4.69, 9.17) is 5.73 Å². The van der Waals surface area contributed by atoms with Crippen LogP contribution >= 0.6 is 23.5 Å². The Morgan fingerprint density at radius 1 is 1.32 bits per heavy atom. The number of nitrogen functional groups attached to an aromatic ring is 1. The second kappa shape index (κ2) is 6.17. The fourth-order valence-corrected chi connectivity index (χ4v) is 4.41. The maximum absolute atomic E-state index is 12.7. The standard InChI is InChI=1S/C12H15F3N2S2/c13-12(14,15)10-5-8(1-2-11(10)16)17-6-9-7-18-3-4-19-9/h1-2,5,9,17H,3-4,6-7,16H2. The van der Waals surface area contributed by atoms with Crippen LogP contribution in [-0.2, 0) is 6.18 Å². The molecule has 2 nitrogen and oxygen atoms in total. The zero-order valence-electron chi connectivity index (χ0n) is 10.2. The summed E-state index contributed by atoms with van der Waals surface area (Å²) >= 11 is 3.75. The first kappa shape index (κ1) is 14.7. The van der Waals surface area contributed by atoms with Crippen LogP contribution in [0, 0.1) is 0 Å². The van der Waals surface area contributed by atoms with E-state index in [1.165, 1.54) is 6.07 Å². The highest BCUT2D eigenvalue weighted by Gasteiger charge is 2.33. The Hall–Kier alpha value is -0.690. The van der Waals surface area contributed by atoms with Crippen molar-refractivity contribution < 1.29 is 13.2 Å². The maximum Gasteiger partial charge on any atom is 0.418 e. The van der Waals surface area contributed by atoms with Gasteiger partial charge in [0.25, 0.3) is 0 Å². The Kier molecular flexibility index (Phi) is 4.78. The number of hydrogen-bond donors (Lipinski definition) is 2. The van der Waals surface area contributed by atoms with Crippen LogP contribution in [0.15, 0.2) is 18.2 Å². The first-order valence-electron chi connectivity index (χ1n) is 5.87. The lowest BCUT2D eigenvalue weighted by Crippen LogP contribution is -2.23. The van der Waals surface area contributed by atoms with E-state index in [0.29, 0.717) is 17.5 Å². The summed E-state index contributed by atoms with van der Waals surface area (Å²) in [6.07, 6.45) is -4.41. The number of thioether (sulfide) groups is 2. The molecule has 7 heteroatoms. The van der Waals surface area contributed by atoms with Crippen molar-refractivity contribution in [2.75, 3.05) is 34.9 Å². The first-order valence-corrected chi connectivity index (χ1v) is 8.07. The maximum atomic E-state index is 12.7. The average Bonchev–Trinajstić information content (AvgIpc) is 2.37. The lowest BCUT2D eigenvalue weighted by atomic mass is 10.1. The zero-order chi connectivity index (χ0) is 13.9. The molecule has 0 radical (unpaired) electrons. The Labute approximate surface area is 118 Å². The molecule has 1 aliphatic heterocycles. The molecule has 1 fully saturated rings. The van der Waals surface area contributed by atoms with Gasteiger partial charge in [-0.05, 0) is 18.2 Å². The summed E-state index contributed by atoms with van der Waals surface area (Å²) in [7, 11) is 0. The predicted molar refractivity (Wildman–Crippen MR) is 77.9 cm³/mol. The molecule has 2 rings (SSSR count). The van der Waals surface area contributed by atoms with E-state index >= 15 is 0 Å². The second-order valence-electron chi connectivity index (χ2n) is 4.25. The summed E-state index contributed by atoms with van der Waals surface area (Å²) in [5.74, 6) is 3.30. The molecular weight excluding hydrogens is 293 g/mol. The Bertz CT molecular complexity index is 431. The number of benzene rings is 1. The Morgan fingerprint density at radius 2 is 2.11 bits per heavy atom.